The minimum atomic E-state index is -0.0615. The van der Waals surface area contributed by atoms with Crippen LogP contribution in [-0.4, -0.2) is 33.5 Å². The topological polar surface area (TPSA) is 81.1 Å². The van der Waals surface area contributed by atoms with Gasteiger partial charge in [0, 0.05) is 17.9 Å². The molecule has 2 aromatic carbocycles. The summed E-state index contributed by atoms with van der Waals surface area (Å²) in [7, 11) is 1.65. The van der Waals surface area contributed by atoms with Crippen LogP contribution in [0.5, 0.6) is 5.75 Å². The van der Waals surface area contributed by atoms with E-state index >= 15 is 0 Å². The number of carbonyl (C=O) groups excluding carboxylic acids is 1. The Labute approximate surface area is 181 Å². The average molecular weight is 426 g/mol. The standard InChI is InChI=1S/C22H27N5O2S/c1-5-27-20(13-23-17-6-8-19(29-4)9-7-17)25-26-22(27)30-14-21(28)24-18-11-15(2)10-16(3)12-18/h6-12,23H,5,13-14H2,1-4H3,(H,24,28). The van der Waals surface area contributed by atoms with E-state index in [0.717, 1.165) is 45.8 Å². The third-order valence-electron chi connectivity index (χ3n) is 4.49. The van der Waals surface area contributed by atoms with Crippen molar-refractivity contribution in [2.45, 2.75) is 39.0 Å². The summed E-state index contributed by atoms with van der Waals surface area (Å²) >= 11 is 1.39. The van der Waals surface area contributed by atoms with Crippen LogP contribution in [-0.2, 0) is 17.9 Å². The number of hydrogen-bond donors (Lipinski definition) is 2. The van der Waals surface area contributed by atoms with Crippen LogP contribution in [0.3, 0.4) is 0 Å². The summed E-state index contributed by atoms with van der Waals surface area (Å²) in [6.07, 6.45) is 0. The van der Waals surface area contributed by atoms with E-state index in [1.54, 1.807) is 7.11 Å². The average Bonchev–Trinajstić information content (AvgIpc) is 3.12. The highest BCUT2D eigenvalue weighted by molar-refractivity contribution is 7.99. The molecule has 158 valence electrons. The number of nitrogens with one attached hydrogen (secondary N) is 2. The van der Waals surface area contributed by atoms with Gasteiger partial charge >= 0.3 is 0 Å². The van der Waals surface area contributed by atoms with Crippen LogP contribution < -0.4 is 15.4 Å². The van der Waals surface area contributed by atoms with E-state index in [0.29, 0.717) is 6.54 Å². The fraction of sp³-hybridized carbons (Fsp3) is 0.318. The molecule has 0 aliphatic carbocycles. The Hall–Kier alpha value is -3.00. The normalized spacial score (nSPS) is 10.7. The van der Waals surface area contributed by atoms with E-state index in [2.05, 4.69) is 26.9 Å². The second kappa shape index (κ2) is 10.2. The van der Waals surface area contributed by atoms with Gasteiger partial charge in [-0.25, -0.2) is 0 Å². The molecule has 1 heterocycles. The highest BCUT2D eigenvalue weighted by atomic mass is 32.2. The zero-order valence-electron chi connectivity index (χ0n) is 17.7. The van der Waals surface area contributed by atoms with E-state index in [1.165, 1.54) is 11.8 Å². The first-order valence-corrected chi connectivity index (χ1v) is 10.8. The van der Waals surface area contributed by atoms with Crippen molar-refractivity contribution in [1.29, 1.82) is 0 Å². The number of hydrogen-bond acceptors (Lipinski definition) is 6. The second-order valence-corrected chi connectivity index (χ2v) is 7.88. The number of nitrogens with zero attached hydrogens (tertiary/aromatic N) is 3. The van der Waals surface area contributed by atoms with E-state index in [4.69, 9.17) is 4.74 Å². The molecule has 0 aliphatic heterocycles. The molecule has 1 aromatic heterocycles. The summed E-state index contributed by atoms with van der Waals surface area (Å²) in [5.41, 5.74) is 4.04. The molecule has 0 atom stereocenters. The predicted octanol–water partition coefficient (Wildman–Crippen LogP) is 4.27. The number of amides is 1. The van der Waals surface area contributed by atoms with Crippen molar-refractivity contribution in [2.75, 3.05) is 23.5 Å². The van der Waals surface area contributed by atoms with Gasteiger partial charge in [-0.1, -0.05) is 17.8 Å². The van der Waals surface area contributed by atoms with Crippen molar-refractivity contribution in [3.8, 4) is 5.75 Å². The largest absolute Gasteiger partial charge is 0.497 e. The van der Waals surface area contributed by atoms with E-state index in [9.17, 15) is 4.79 Å². The van der Waals surface area contributed by atoms with Crippen molar-refractivity contribution in [3.05, 3.63) is 59.4 Å². The Bertz CT molecular complexity index is 981. The molecule has 0 aliphatic rings. The molecule has 0 bridgehead atoms. The molecule has 0 radical (unpaired) electrons. The van der Waals surface area contributed by atoms with Gasteiger partial charge in [-0.15, -0.1) is 10.2 Å². The van der Waals surface area contributed by atoms with Gasteiger partial charge in [0.05, 0.1) is 19.4 Å². The van der Waals surface area contributed by atoms with Gasteiger partial charge in [0.2, 0.25) is 5.91 Å². The summed E-state index contributed by atoms with van der Waals surface area (Å²) in [5, 5.41) is 15.6. The Morgan fingerprint density at radius 1 is 1.07 bits per heavy atom. The molecular weight excluding hydrogens is 398 g/mol. The van der Waals surface area contributed by atoms with Crippen LogP contribution in [0.4, 0.5) is 11.4 Å². The Morgan fingerprint density at radius 2 is 1.77 bits per heavy atom. The zero-order chi connectivity index (χ0) is 21.5. The fourth-order valence-corrected chi connectivity index (χ4v) is 3.96. The number of thioether (sulfide) groups is 1. The van der Waals surface area contributed by atoms with Crippen LogP contribution in [0, 0.1) is 13.8 Å². The number of rotatable bonds is 9. The molecule has 8 heteroatoms. The lowest BCUT2D eigenvalue weighted by Crippen LogP contribution is -2.15. The number of aryl methyl sites for hydroxylation is 2. The molecule has 0 unspecified atom stereocenters. The molecule has 0 spiro atoms. The Morgan fingerprint density at radius 3 is 2.40 bits per heavy atom. The van der Waals surface area contributed by atoms with Gasteiger partial charge in [0.1, 0.15) is 5.75 Å². The third kappa shape index (κ3) is 5.76. The summed E-state index contributed by atoms with van der Waals surface area (Å²) in [6, 6.07) is 13.7. The van der Waals surface area contributed by atoms with Gasteiger partial charge in [-0.3, -0.25) is 4.79 Å². The molecule has 0 saturated carbocycles. The van der Waals surface area contributed by atoms with Crippen molar-refractivity contribution in [2.24, 2.45) is 0 Å². The predicted molar refractivity (Wildman–Crippen MR) is 121 cm³/mol. The molecule has 1 amide bonds. The van der Waals surface area contributed by atoms with E-state index in [-0.39, 0.29) is 11.7 Å². The van der Waals surface area contributed by atoms with Crippen LogP contribution in [0.15, 0.2) is 47.6 Å². The van der Waals surface area contributed by atoms with Crippen molar-refractivity contribution in [3.63, 3.8) is 0 Å². The molecule has 30 heavy (non-hydrogen) atoms. The van der Waals surface area contributed by atoms with Crippen molar-refractivity contribution >= 4 is 29.0 Å². The highest BCUT2D eigenvalue weighted by Crippen LogP contribution is 2.20. The lowest BCUT2D eigenvalue weighted by molar-refractivity contribution is -0.113. The number of benzene rings is 2. The van der Waals surface area contributed by atoms with Gasteiger partial charge in [0.25, 0.3) is 0 Å². The minimum absolute atomic E-state index is 0.0615. The summed E-state index contributed by atoms with van der Waals surface area (Å²) in [6.45, 7) is 7.35. The molecule has 0 saturated heterocycles. The molecule has 2 N–H and O–H groups in total. The minimum Gasteiger partial charge on any atom is -0.497 e. The third-order valence-corrected chi connectivity index (χ3v) is 5.45. The van der Waals surface area contributed by atoms with Crippen molar-refractivity contribution < 1.29 is 9.53 Å². The first-order chi connectivity index (χ1) is 14.5. The number of ether oxygens (including phenoxy) is 1. The summed E-state index contributed by atoms with van der Waals surface area (Å²) in [4.78, 5) is 12.4. The molecule has 0 fully saturated rings. The quantitative estimate of drug-likeness (QED) is 0.499. The van der Waals surface area contributed by atoms with Gasteiger partial charge < -0.3 is 19.9 Å². The SMILES string of the molecule is CCn1c(CNc2ccc(OC)cc2)nnc1SCC(=O)Nc1cc(C)cc(C)c1. The van der Waals surface area contributed by atoms with Gasteiger partial charge in [-0.05, 0) is 68.3 Å². The number of aromatic nitrogens is 3. The van der Waals surface area contributed by atoms with E-state index < -0.39 is 0 Å². The molecule has 3 rings (SSSR count). The van der Waals surface area contributed by atoms with E-state index in [1.807, 2.05) is 61.7 Å². The van der Waals surface area contributed by atoms with Crippen LogP contribution in [0.25, 0.3) is 0 Å². The molecule has 3 aromatic rings. The number of anilines is 2. The monoisotopic (exact) mass is 425 g/mol. The maximum Gasteiger partial charge on any atom is 0.234 e. The van der Waals surface area contributed by atoms with Gasteiger partial charge in [0.15, 0.2) is 11.0 Å². The van der Waals surface area contributed by atoms with Crippen molar-refractivity contribution in [1.82, 2.24) is 14.8 Å². The zero-order valence-corrected chi connectivity index (χ0v) is 18.5. The number of methoxy groups -OCH3 is 1. The Balaban J connectivity index is 1.57. The maximum atomic E-state index is 12.4. The number of carbonyl (C=O) groups is 1. The van der Waals surface area contributed by atoms with Crippen LogP contribution in [0.2, 0.25) is 0 Å². The summed E-state index contributed by atoms with van der Waals surface area (Å²) < 4.78 is 7.20. The maximum absolute atomic E-state index is 12.4. The lowest BCUT2D eigenvalue weighted by atomic mass is 10.1. The second-order valence-electron chi connectivity index (χ2n) is 6.94. The molecule has 7 nitrogen and oxygen atoms in total. The molecular formula is C22H27N5O2S. The first kappa shape index (κ1) is 21.7. The van der Waals surface area contributed by atoms with Crippen LogP contribution >= 0.6 is 11.8 Å². The van der Waals surface area contributed by atoms with Gasteiger partial charge in [-0.2, -0.15) is 0 Å². The Kier molecular flexibility index (Phi) is 7.35. The first-order valence-electron chi connectivity index (χ1n) is 9.79. The highest BCUT2D eigenvalue weighted by Gasteiger charge is 2.13. The fourth-order valence-electron chi connectivity index (χ4n) is 3.14. The smallest absolute Gasteiger partial charge is 0.234 e. The van der Waals surface area contributed by atoms with Crippen LogP contribution in [0.1, 0.15) is 23.9 Å². The summed E-state index contributed by atoms with van der Waals surface area (Å²) in [5.74, 6) is 1.85. The lowest BCUT2D eigenvalue weighted by Gasteiger charge is -2.10.